The van der Waals surface area contributed by atoms with Crippen molar-refractivity contribution in [2.75, 3.05) is 0 Å². The smallest absolute Gasteiger partial charge is 0.251 e. The molecule has 1 saturated carbocycles. The average Bonchev–Trinajstić information content (AvgIpc) is 3.15. The van der Waals surface area contributed by atoms with Crippen molar-refractivity contribution in [1.29, 1.82) is 0 Å². The lowest BCUT2D eigenvalue weighted by Crippen LogP contribution is -2.36. The Bertz CT molecular complexity index is 854. The highest BCUT2D eigenvalue weighted by Gasteiger charge is 2.21. The van der Waals surface area contributed by atoms with Crippen LogP contribution in [-0.4, -0.2) is 20.4 Å². The standard InChI is InChI=1S/C19H24N2O4S/c1-14-9-10-17(26(23,24)20-13-16-8-5-11-25-16)12-18(14)19(22)21-15-6-3-2-4-7-15/h5,8-12,15,20H,2-4,6-7,13H2,1H3,(H,21,22). The van der Waals surface area contributed by atoms with Crippen molar-refractivity contribution in [3.05, 3.63) is 53.5 Å². The molecular formula is C19H24N2O4S. The van der Waals surface area contributed by atoms with Gasteiger partial charge >= 0.3 is 0 Å². The number of furan rings is 1. The molecule has 140 valence electrons. The summed E-state index contributed by atoms with van der Waals surface area (Å²) in [4.78, 5) is 12.7. The second kappa shape index (κ2) is 8.05. The van der Waals surface area contributed by atoms with E-state index in [0.717, 1.165) is 31.2 Å². The summed E-state index contributed by atoms with van der Waals surface area (Å²) in [6.07, 6.45) is 6.90. The zero-order valence-corrected chi connectivity index (χ0v) is 15.6. The minimum absolute atomic E-state index is 0.0623. The van der Waals surface area contributed by atoms with E-state index in [1.165, 1.54) is 24.8 Å². The van der Waals surface area contributed by atoms with Crippen molar-refractivity contribution in [3.63, 3.8) is 0 Å². The van der Waals surface area contributed by atoms with E-state index >= 15 is 0 Å². The van der Waals surface area contributed by atoms with Crippen LogP contribution >= 0.6 is 0 Å². The third-order valence-corrected chi connectivity index (χ3v) is 6.12. The summed E-state index contributed by atoms with van der Waals surface area (Å²) in [5.41, 5.74) is 1.15. The number of hydrogen-bond donors (Lipinski definition) is 2. The van der Waals surface area contributed by atoms with Crippen LogP contribution in [0.15, 0.2) is 45.9 Å². The van der Waals surface area contributed by atoms with Crippen molar-refractivity contribution in [3.8, 4) is 0 Å². The van der Waals surface area contributed by atoms with Crippen molar-refractivity contribution in [1.82, 2.24) is 10.0 Å². The van der Waals surface area contributed by atoms with Crippen LogP contribution < -0.4 is 10.0 Å². The van der Waals surface area contributed by atoms with Gasteiger partial charge in [-0.15, -0.1) is 0 Å². The van der Waals surface area contributed by atoms with Gasteiger partial charge in [0.2, 0.25) is 10.0 Å². The van der Waals surface area contributed by atoms with E-state index in [0.29, 0.717) is 11.3 Å². The Morgan fingerprint density at radius 1 is 1.19 bits per heavy atom. The monoisotopic (exact) mass is 376 g/mol. The molecule has 0 atom stereocenters. The number of rotatable bonds is 6. The van der Waals surface area contributed by atoms with E-state index in [4.69, 9.17) is 4.42 Å². The fourth-order valence-corrected chi connectivity index (χ4v) is 4.20. The quantitative estimate of drug-likeness (QED) is 0.811. The van der Waals surface area contributed by atoms with Gasteiger partial charge < -0.3 is 9.73 Å². The van der Waals surface area contributed by atoms with Gasteiger partial charge in [0.1, 0.15) is 5.76 Å². The minimum atomic E-state index is -3.73. The van der Waals surface area contributed by atoms with Crippen LogP contribution in [0.5, 0.6) is 0 Å². The number of carbonyl (C=O) groups excluding carboxylic acids is 1. The molecule has 1 aromatic carbocycles. The molecule has 1 fully saturated rings. The molecule has 3 rings (SSSR count). The van der Waals surface area contributed by atoms with Crippen LogP contribution in [-0.2, 0) is 16.6 Å². The van der Waals surface area contributed by atoms with E-state index in [1.807, 2.05) is 6.92 Å². The van der Waals surface area contributed by atoms with E-state index < -0.39 is 10.0 Å². The maximum absolute atomic E-state index is 12.6. The molecule has 2 N–H and O–H groups in total. The lowest BCUT2D eigenvalue weighted by Gasteiger charge is -2.23. The lowest BCUT2D eigenvalue weighted by molar-refractivity contribution is 0.0927. The predicted octanol–water partition coefficient (Wildman–Crippen LogP) is 3.13. The summed E-state index contributed by atoms with van der Waals surface area (Å²) in [6.45, 7) is 1.87. The van der Waals surface area contributed by atoms with Gasteiger partial charge in [-0.05, 0) is 49.6 Å². The predicted molar refractivity (Wildman–Crippen MR) is 98.3 cm³/mol. The molecule has 26 heavy (non-hydrogen) atoms. The molecule has 1 aliphatic carbocycles. The van der Waals surface area contributed by atoms with Crippen molar-refractivity contribution >= 4 is 15.9 Å². The first-order valence-electron chi connectivity index (χ1n) is 8.89. The first-order valence-corrected chi connectivity index (χ1v) is 10.4. The number of carbonyl (C=O) groups is 1. The summed E-state index contributed by atoms with van der Waals surface area (Å²) in [5.74, 6) is 0.313. The second-order valence-electron chi connectivity index (χ2n) is 6.69. The average molecular weight is 376 g/mol. The number of nitrogens with one attached hydrogen (secondary N) is 2. The zero-order valence-electron chi connectivity index (χ0n) is 14.8. The zero-order chi connectivity index (χ0) is 18.6. The van der Waals surface area contributed by atoms with E-state index in [-0.39, 0.29) is 23.4 Å². The Morgan fingerprint density at radius 2 is 1.96 bits per heavy atom. The van der Waals surface area contributed by atoms with Crippen molar-refractivity contribution < 1.29 is 17.6 Å². The van der Waals surface area contributed by atoms with Crippen LogP contribution in [0, 0.1) is 6.92 Å². The first kappa shape index (κ1) is 18.7. The largest absolute Gasteiger partial charge is 0.468 e. The molecule has 0 saturated heterocycles. The van der Waals surface area contributed by atoms with Gasteiger partial charge in [0.15, 0.2) is 0 Å². The Balaban J connectivity index is 1.74. The number of sulfonamides is 1. The summed E-state index contributed by atoms with van der Waals surface area (Å²) in [6, 6.07) is 8.18. The highest BCUT2D eigenvalue weighted by Crippen LogP contribution is 2.20. The van der Waals surface area contributed by atoms with E-state index in [2.05, 4.69) is 10.0 Å². The summed E-state index contributed by atoms with van der Waals surface area (Å²) >= 11 is 0. The van der Waals surface area contributed by atoms with Gasteiger partial charge in [-0.3, -0.25) is 4.79 Å². The highest BCUT2D eigenvalue weighted by molar-refractivity contribution is 7.89. The Morgan fingerprint density at radius 3 is 2.65 bits per heavy atom. The topological polar surface area (TPSA) is 88.4 Å². The Kier molecular flexibility index (Phi) is 5.78. The van der Waals surface area contributed by atoms with Crippen LogP contribution in [0.4, 0.5) is 0 Å². The van der Waals surface area contributed by atoms with Crippen LogP contribution in [0.3, 0.4) is 0 Å². The maximum atomic E-state index is 12.6. The Labute approximate surface area is 154 Å². The fraction of sp³-hybridized carbons (Fsp3) is 0.421. The van der Waals surface area contributed by atoms with Crippen LogP contribution in [0.25, 0.3) is 0 Å². The molecule has 7 heteroatoms. The molecule has 1 aromatic heterocycles. The molecule has 6 nitrogen and oxygen atoms in total. The van der Waals surface area contributed by atoms with E-state index in [1.54, 1.807) is 18.2 Å². The second-order valence-corrected chi connectivity index (χ2v) is 8.46. The first-order chi connectivity index (χ1) is 12.5. The molecule has 0 aliphatic heterocycles. The van der Waals surface area contributed by atoms with Crippen molar-refractivity contribution in [2.24, 2.45) is 0 Å². The van der Waals surface area contributed by atoms with Gasteiger partial charge in [-0.25, -0.2) is 13.1 Å². The molecule has 0 unspecified atom stereocenters. The van der Waals surface area contributed by atoms with Crippen LogP contribution in [0.2, 0.25) is 0 Å². The Hall–Kier alpha value is -2.12. The molecule has 1 heterocycles. The molecule has 0 bridgehead atoms. The maximum Gasteiger partial charge on any atom is 0.251 e. The van der Waals surface area contributed by atoms with Crippen LogP contribution in [0.1, 0.15) is 53.8 Å². The highest BCUT2D eigenvalue weighted by atomic mass is 32.2. The third-order valence-electron chi connectivity index (χ3n) is 4.72. The summed E-state index contributed by atoms with van der Waals surface area (Å²) < 4.78 is 32.7. The normalized spacial score (nSPS) is 15.7. The molecular weight excluding hydrogens is 352 g/mol. The number of amides is 1. The minimum Gasteiger partial charge on any atom is -0.468 e. The van der Waals surface area contributed by atoms with Gasteiger partial charge in [0.05, 0.1) is 17.7 Å². The van der Waals surface area contributed by atoms with E-state index in [9.17, 15) is 13.2 Å². The summed E-state index contributed by atoms with van der Waals surface area (Å²) in [5, 5.41) is 3.04. The SMILES string of the molecule is Cc1ccc(S(=O)(=O)NCc2ccco2)cc1C(=O)NC1CCCCC1. The summed E-state index contributed by atoms with van der Waals surface area (Å²) in [7, 11) is -3.73. The van der Waals surface area contributed by atoms with Crippen molar-refractivity contribution in [2.45, 2.75) is 56.5 Å². The van der Waals surface area contributed by atoms with Gasteiger partial charge in [0.25, 0.3) is 5.91 Å². The third kappa shape index (κ3) is 4.53. The van der Waals surface area contributed by atoms with Gasteiger partial charge in [0, 0.05) is 11.6 Å². The molecule has 0 radical (unpaired) electrons. The molecule has 2 aromatic rings. The molecule has 1 amide bonds. The molecule has 0 spiro atoms. The molecule has 1 aliphatic rings. The van der Waals surface area contributed by atoms with Gasteiger partial charge in [-0.1, -0.05) is 25.3 Å². The van der Waals surface area contributed by atoms with Gasteiger partial charge in [-0.2, -0.15) is 0 Å². The lowest BCUT2D eigenvalue weighted by atomic mass is 9.95. The fourth-order valence-electron chi connectivity index (χ4n) is 3.19. The number of aryl methyl sites for hydroxylation is 1. The number of benzene rings is 1. The number of hydrogen-bond acceptors (Lipinski definition) is 4.